The van der Waals surface area contributed by atoms with Gasteiger partial charge in [0, 0.05) is 18.0 Å². The number of benzene rings is 3. The van der Waals surface area contributed by atoms with Gasteiger partial charge in [0.2, 0.25) is 5.91 Å². The monoisotopic (exact) mass is 555 g/mol. The van der Waals surface area contributed by atoms with Gasteiger partial charge in [-0.3, -0.25) is 14.4 Å². The fraction of sp³-hybridized carbons (Fsp3) is 0.250. The number of ether oxygens (including phenoxy) is 1. The third-order valence-corrected chi connectivity index (χ3v) is 7.49. The van der Waals surface area contributed by atoms with Crippen molar-refractivity contribution in [2.24, 2.45) is 0 Å². The number of carbonyl (C=O) groups excluding carboxylic acids is 3. The van der Waals surface area contributed by atoms with Crippen molar-refractivity contribution in [3.05, 3.63) is 77.9 Å². The van der Waals surface area contributed by atoms with Crippen LogP contribution >= 0.6 is 11.8 Å². The minimum atomic E-state index is -4.50. The molecule has 1 saturated heterocycles. The molecule has 7 nitrogen and oxygen atoms in total. The molecule has 3 amide bonds. The van der Waals surface area contributed by atoms with Crippen LogP contribution in [0.1, 0.15) is 15.9 Å². The zero-order valence-corrected chi connectivity index (χ0v) is 21.6. The van der Waals surface area contributed by atoms with Crippen LogP contribution in [0.5, 0.6) is 5.75 Å². The molecule has 39 heavy (non-hydrogen) atoms. The van der Waals surface area contributed by atoms with Gasteiger partial charge in [0.05, 0.1) is 23.4 Å². The van der Waals surface area contributed by atoms with E-state index >= 15 is 0 Å². The Morgan fingerprint density at radius 1 is 1.03 bits per heavy atom. The van der Waals surface area contributed by atoms with Gasteiger partial charge in [0.15, 0.2) is 6.61 Å². The van der Waals surface area contributed by atoms with E-state index in [1.807, 2.05) is 18.4 Å². The lowest BCUT2D eigenvalue weighted by atomic mass is 9.99. The van der Waals surface area contributed by atoms with Crippen LogP contribution in [0.4, 0.5) is 18.9 Å². The Morgan fingerprint density at radius 2 is 1.77 bits per heavy atom. The summed E-state index contributed by atoms with van der Waals surface area (Å²) in [5.74, 6) is -0.633. The van der Waals surface area contributed by atoms with Crippen LogP contribution in [0.15, 0.2) is 71.6 Å². The molecule has 0 aliphatic carbocycles. The Kier molecular flexibility index (Phi) is 7.26. The van der Waals surface area contributed by atoms with Crippen LogP contribution in [0.2, 0.25) is 0 Å². The normalized spacial score (nSPS) is 17.2. The van der Waals surface area contributed by atoms with E-state index in [9.17, 15) is 27.6 Å². The zero-order valence-electron chi connectivity index (χ0n) is 20.8. The van der Waals surface area contributed by atoms with Crippen LogP contribution < -0.4 is 10.1 Å². The zero-order chi connectivity index (χ0) is 27.7. The fourth-order valence-corrected chi connectivity index (χ4v) is 5.05. The van der Waals surface area contributed by atoms with Crippen molar-refractivity contribution in [1.29, 1.82) is 0 Å². The number of nitrogens with zero attached hydrogens (tertiary/aromatic N) is 2. The summed E-state index contributed by atoms with van der Waals surface area (Å²) in [5.41, 5.74) is 0.363. The van der Waals surface area contributed by atoms with Gasteiger partial charge in [-0.25, -0.2) is 0 Å². The van der Waals surface area contributed by atoms with E-state index in [0.29, 0.717) is 16.9 Å². The van der Waals surface area contributed by atoms with E-state index in [2.05, 4.69) is 5.32 Å². The van der Waals surface area contributed by atoms with Gasteiger partial charge in [0.25, 0.3) is 11.8 Å². The molecule has 202 valence electrons. The summed E-state index contributed by atoms with van der Waals surface area (Å²) in [6, 6.07) is 15.8. The molecule has 2 heterocycles. The molecule has 0 bridgehead atoms. The molecule has 1 N–H and O–H groups in total. The Balaban J connectivity index is 1.31. The molecule has 3 aromatic carbocycles. The lowest BCUT2D eigenvalue weighted by molar-refractivity contribution is -0.138. The van der Waals surface area contributed by atoms with Crippen LogP contribution in [-0.4, -0.2) is 66.1 Å². The second kappa shape index (κ2) is 10.6. The van der Waals surface area contributed by atoms with Crippen LogP contribution in [0.25, 0.3) is 11.1 Å². The largest absolute Gasteiger partial charge is 0.484 e. The Labute approximate surface area is 226 Å². The molecule has 2 aliphatic heterocycles. The molecular formula is C28H24F3N3O4S. The quantitative estimate of drug-likeness (QED) is 0.459. The number of amides is 3. The average Bonchev–Trinajstić information content (AvgIpc) is 3.05. The van der Waals surface area contributed by atoms with E-state index in [1.165, 1.54) is 34.1 Å². The first-order chi connectivity index (χ1) is 18.6. The minimum Gasteiger partial charge on any atom is -0.484 e. The maximum absolute atomic E-state index is 13.5. The van der Waals surface area contributed by atoms with Crippen molar-refractivity contribution in [3.63, 3.8) is 0 Å². The van der Waals surface area contributed by atoms with Gasteiger partial charge in [-0.05, 0) is 65.9 Å². The van der Waals surface area contributed by atoms with Crippen LogP contribution in [0, 0.1) is 0 Å². The minimum absolute atomic E-state index is 0.000344. The van der Waals surface area contributed by atoms with Crippen LogP contribution in [-0.2, 0) is 15.8 Å². The van der Waals surface area contributed by atoms with E-state index in [1.54, 1.807) is 30.0 Å². The number of nitrogens with one attached hydrogen (secondary N) is 1. The molecule has 2 aliphatic rings. The Bertz CT molecular complexity index is 1430. The summed E-state index contributed by atoms with van der Waals surface area (Å²) >= 11 is 1.59. The first kappa shape index (κ1) is 26.6. The van der Waals surface area contributed by atoms with Gasteiger partial charge in [0.1, 0.15) is 11.8 Å². The summed E-state index contributed by atoms with van der Waals surface area (Å²) in [6.07, 6.45) is -2.54. The average molecular weight is 556 g/mol. The van der Waals surface area contributed by atoms with Gasteiger partial charge in [-0.1, -0.05) is 18.2 Å². The lowest BCUT2D eigenvalue weighted by Gasteiger charge is -2.39. The van der Waals surface area contributed by atoms with E-state index in [-0.39, 0.29) is 43.4 Å². The van der Waals surface area contributed by atoms with Crippen molar-refractivity contribution in [1.82, 2.24) is 9.80 Å². The number of thioether (sulfide) groups is 1. The molecule has 0 saturated carbocycles. The Morgan fingerprint density at radius 3 is 2.49 bits per heavy atom. The number of anilines is 1. The molecule has 1 fully saturated rings. The molecule has 1 unspecified atom stereocenters. The standard InChI is InChI=1S/C28H24F3N3O4S/c1-39-21-8-6-20(7-9-21)38-16-25(35)33-11-12-34-24(15-33)26(36)32-23-10-5-18(14-22(23)27(34)37)17-3-2-4-19(13-17)28(29,30)31/h2-10,13-14,24H,11-12,15-16H2,1H3,(H,32,36). The smallest absolute Gasteiger partial charge is 0.416 e. The number of alkyl halides is 3. The highest BCUT2D eigenvalue weighted by molar-refractivity contribution is 7.98. The topological polar surface area (TPSA) is 79.0 Å². The number of hydrogen-bond donors (Lipinski definition) is 1. The number of carbonyl (C=O) groups is 3. The number of rotatable bonds is 5. The van der Waals surface area contributed by atoms with Gasteiger partial charge < -0.3 is 19.9 Å². The van der Waals surface area contributed by atoms with Gasteiger partial charge in [-0.15, -0.1) is 11.8 Å². The summed E-state index contributed by atoms with van der Waals surface area (Å²) in [4.78, 5) is 43.4. The molecule has 0 aromatic heterocycles. The summed E-state index contributed by atoms with van der Waals surface area (Å²) < 4.78 is 45.2. The number of halogens is 3. The van der Waals surface area contributed by atoms with Crippen molar-refractivity contribution >= 4 is 35.2 Å². The SMILES string of the molecule is CSc1ccc(OCC(=O)N2CCN3C(=O)c4cc(-c5cccc(C(F)(F)F)c5)ccc4NC(=O)C3C2)cc1. The predicted molar refractivity (Wildman–Crippen MR) is 141 cm³/mol. The lowest BCUT2D eigenvalue weighted by Crippen LogP contribution is -2.60. The fourth-order valence-electron chi connectivity index (χ4n) is 4.64. The highest BCUT2D eigenvalue weighted by Gasteiger charge is 2.40. The highest BCUT2D eigenvalue weighted by atomic mass is 32.2. The summed E-state index contributed by atoms with van der Waals surface area (Å²) in [7, 11) is 0. The molecule has 11 heteroatoms. The summed E-state index contributed by atoms with van der Waals surface area (Å²) in [6.45, 7) is 0.130. The molecule has 0 spiro atoms. The van der Waals surface area contributed by atoms with Crippen LogP contribution in [0.3, 0.4) is 0 Å². The summed E-state index contributed by atoms with van der Waals surface area (Å²) in [5, 5.41) is 2.74. The second-order valence-corrected chi connectivity index (χ2v) is 10.0. The van der Waals surface area contributed by atoms with Gasteiger partial charge >= 0.3 is 6.18 Å². The van der Waals surface area contributed by atoms with Gasteiger partial charge in [-0.2, -0.15) is 13.2 Å². The second-order valence-electron chi connectivity index (χ2n) is 9.15. The number of fused-ring (bicyclic) bond motifs is 2. The van der Waals surface area contributed by atoms with Crippen molar-refractivity contribution in [2.75, 3.05) is 37.8 Å². The number of hydrogen-bond acceptors (Lipinski definition) is 5. The maximum Gasteiger partial charge on any atom is 0.416 e. The van der Waals surface area contributed by atoms with E-state index in [0.717, 1.165) is 17.0 Å². The number of piperazine rings is 1. The first-order valence-electron chi connectivity index (χ1n) is 12.1. The van der Waals surface area contributed by atoms with Crippen molar-refractivity contribution < 1.29 is 32.3 Å². The molecule has 3 aromatic rings. The predicted octanol–water partition coefficient (Wildman–Crippen LogP) is 4.78. The first-order valence-corrected chi connectivity index (χ1v) is 13.3. The molecule has 5 rings (SSSR count). The van der Waals surface area contributed by atoms with Crippen molar-refractivity contribution in [2.45, 2.75) is 17.1 Å². The Hall–Kier alpha value is -3.99. The van der Waals surface area contributed by atoms with E-state index < -0.39 is 29.6 Å². The third-order valence-electron chi connectivity index (χ3n) is 6.75. The molecule has 1 atom stereocenters. The van der Waals surface area contributed by atoms with Crippen molar-refractivity contribution in [3.8, 4) is 16.9 Å². The molecular weight excluding hydrogens is 531 g/mol. The van der Waals surface area contributed by atoms with E-state index in [4.69, 9.17) is 4.74 Å². The third kappa shape index (κ3) is 5.58. The highest BCUT2D eigenvalue weighted by Crippen LogP contribution is 2.34. The molecule has 0 radical (unpaired) electrons. The maximum atomic E-state index is 13.5.